The summed E-state index contributed by atoms with van der Waals surface area (Å²) in [6.07, 6.45) is 1.29. The maximum absolute atomic E-state index is 12.1. The third-order valence-electron chi connectivity index (χ3n) is 1.65. The highest BCUT2D eigenvalue weighted by molar-refractivity contribution is 5.49. The molecule has 5 nitrogen and oxygen atoms in total. The van der Waals surface area contributed by atoms with Crippen LogP contribution in [0.15, 0.2) is 24.7 Å². The fourth-order valence-electron chi connectivity index (χ4n) is 0.976. The molecule has 0 amide bonds. The number of hydrogen-bond donors (Lipinski definition) is 2. The van der Waals surface area contributed by atoms with E-state index in [1.165, 1.54) is 6.20 Å². The average Bonchev–Trinajstić information content (AvgIpc) is 2.71. The Labute approximate surface area is 83.6 Å². The summed E-state index contributed by atoms with van der Waals surface area (Å²) >= 11 is 0. The van der Waals surface area contributed by atoms with Crippen molar-refractivity contribution < 1.29 is 8.78 Å². The molecule has 0 unspecified atom stereocenters. The zero-order valence-corrected chi connectivity index (χ0v) is 7.48. The monoisotopic (exact) mass is 211 g/mol. The van der Waals surface area contributed by atoms with Gasteiger partial charge in [-0.15, -0.1) is 0 Å². The third-order valence-corrected chi connectivity index (χ3v) is 1.65. The fraction of sp³-hybridized carbons (Fsp3) is 0.125. The highest BCUT2D eigenvalue weighted by Crippen LogP contribution is 2.16. The summed E-state index contributed by atoms with van der Waals surface area (Å²) < 4.78 is 24.3. The molecule has 0 radical (unpaired) electrons. The molecule has 0 atom stereocenters. The minimum Gasteiger partial charge on any atom is -0.322 e. The van der Waals surface area contributed by atoms with Gasteiger partial charge in [-0.05, 0) is 0 Å². The van der Waals surface area contributed by atoms with Crippen molar-refractivity contribution in [2.45, 2.75) is 6.43 Å². The van der Waals surface area contributed by atoms with Crippen molar-refractivity contribution in [3.05, 3.63) is 30.4 Å². The molecule has 15 heavy (non-hydrogen) atoms. The SMILES string of the molecule is FC(F)c1cnc(Nc2cc[nH]n2)cn1. The lowest BCUT2D eigenvalue weighted by Gasteiger charge is -2.02. The van der Waals surface area contributed by atoms with Crippen LogP contribution in [-0.2, 0) is 0 Å². The summed E-state index contributed by atoms with van der Waals surface area (Å²) in [5.41, 5.74) is -0.345. The molecule has 2 heterocycles. The molecule has 7 heteroatoms. The van der Waals surface area contributed by atoms with Crippen molar-refractivity contribution in [3.63, 3.8) is 0 Å². The first kappa shape index (κ1) is 9.50. The Morgan fingerprint density at radius 3 is 2.60 bits per heavy atom. The first-order valence-corrected chi connectivity index (χ1v) is 4.12. The maximum Gasteiger partial charge on any atom is 0.281 e. The number of aromatic nitrogens is 4. The first-order chi connectivity index (χ1) is 7.25. The van der Waals surface area contributed by atoms with E-state index in [1.54, 1.807) is 12.3 Å². The van der Waals surface area contributed by atoms with Gasteiger partial charge in [-0.3, -0.25) is 5.10 Å². The number of aromatic amines is 1. The normalized spacial score (nSPS) is 10.6. The van der Waals surface area contributed by atoms with Crippen LogP contribution < -0.4 is 5.32 Å². The second kappa shape index (κ2) is 3.99. The average molecular weight is 211 g/mol. The van der Waals surface area contributed by atoms with E-state index in [0.29, 0.717) is 11.6 Å². The van der Waals surface area contributed by atoms with E-state index in [-0.39, 0.29) is 5.69 Å². The smallest absolute Gasteiger partial charge is 0.281 e. The van der Waals surface area contributed by atoms with E-state index in [2.05, 4.69) is 25.5 Å². The quantitative estimate of drug-likeness (QED) is 0.813. The molecular weight excluding hydrogens is 204 g/mol. The minimum atomic E-state index is -2.60. The molecule has 0 saturated heterocycles. The van der Waals surface area contributed by atoms with Gasteiger partial charge in [-0.1, -0.05) is 0 Å². The molecule has 0 aromatic carbocycles. The number of H-pyrrole nitrogens is 1. The fourth-order valence-corrected chi connectivity index (χ4v) is 0.976. The highest BCUT2D eigenvalue weighted by atomic mass is 19.3. The molecule has 0 spiro atoms. The number of alkyl halides is 2. The van der Waals surface area contributed by atoms with Crippen LogP contribution in [0.25, 0.3) is 0 Å². The van der Waals surface area contributed by atoms with Crippen molar-refractivity contribution in [3.8, 4) is 0 Å². The Balaban J connectivity index is 2.11. The second-order valence-electron chi connectivity index (χ2n) is 2.71. The molecule has 0 fully saturated rings. The maximum atomic E-state index is 12.1. The second-order valence-corrected chi connectivity index (χ2v) is 2.71. The molecule has 0 aliphatic carbocycles. The summed E-state index contributed by atoms with van der Waals surface area (Å²) in [4.78, 5) is 7.31. The zero-order chi connectivity index (χ0) is 10.7. The van der Waals surface area contributed by atoms with E-state index >= 15 is 0 Å². The van der Waals surface area contributed by atoms with Gasteiger partial charge in [0.15, 0.2) is 5.82 Å². The van der Waals surface area contributed by atoms with Crippen LogP contribution in [0.2, 0.25) is 0 Å². The number of rotatable bonds is 3. The number of halogens is 2. The van der Waals surface area contributed by atoms with Crippen LogP contribution in [0.5, 0.6) is 0 Å². The predicted octanol–water partition coefficient (Wildman–Crippen LogP) is 1.88. The lowest BCUT2D eigenvalue weighted by atomic mass is 10.4. The molecule has 2 N–H and O–H groups in total. The van der Waals surface area contributed by atoms with Crippen LogP contribution in [0.3, 0.4) is 0 Å². The Kier molecular flexibility index (Phi) is 2.53. The highest BCUT2D eigenvalue weighted by Gasteiger charge is 2.08. The van der Waals surface area contributed by atoms with Gasteiger partial charge >= 0.3 is 0 Å². The standard InChI is InChI=1S/C8H7F2N5/c9-8(10)5-3-12-7(4-11-5)14-6-1-2-13-15-6/h1-4,8H,(H2,12,13,14,15). The molecular formula is C8H7F2N5. The summed E-state index contributed by atoms with van der Waals surface area (Å²) in [6.45, 7) is 0. The summed E-state index contributed by atoms with van der Waals surface area (Å²) in [7, 11) is 0. The molecule has 0 aliphatic rings. The van der Waals surface area contributed by atoms with E-state index in [4.69, 9.17) is 0 Å². The third kappa shape index (κ3) is 2.25. The van der Waals surface area contributed by atoms with Crippen LogP contribution in [0.1, 0.15) is 12.1 Å². The molecule has 2 aromatic rings. The summed E-state index contributed by atoms with van der Waals surface area (Å²) in [5.74, 6) is 0.917. The van der Waals surface area contributed by atoms with Crippen molar-refractivity contribution in [2.75, 3.05) is 5.32 Å². The topological polar surface area (TPSA) is 66.5 Å². The van der Waals surface area contributed by atoms with Crippen LogP contribution in [-0.4, -0.2) is 20.2 Å². The molecule has 2 aromatic heterocycles. The molecule has 0 bridgehead atoms. The number of anilines is 2. The first-order valence-electron chi connectivity index (χ1n) is 4.12. The van der Waals surface area contributed by atoms with Gasteiger partial charge in [0.05, 0.1) is 12.4 Å². The Bertz CT molecular complexity index is 411. The Hall–Kier alpha value is -2.05. The molecule has 0 saturated carbocycles. The van der Waals surface area contributed by atoms with Gasteiger partial charge in [-0.25, -0.2) is 18.7 Å². The Morgan fingerprint density at radius 1 is 1.20 bits per heavy atom. The predicted molar refractivity (Wildman–Crippen MR) is 48.9 cm³/mol. The van der Waals surface area contributed by atoms with E-state index in [0.717, 1.165) is 6.20 Å². The van der Waals surface area contributed by atoms with Crippen molar-refractivity contribution >= 4 is 11.6 Å². The van der Waals surface area contributed by atoms with E-state index in [9.17, 15) is 8.78 Å². The van der Waals surface area contributed by atoms with E-state index in [1.807, 2.05) is 0 Å². The van der Waals surface area contributed by atoms with Gasteiger partial charge in [0.2, 0.25) is 0 Å². The Morgan fingerprint density at radius 2 is 2.07 bits per heavy atom. The van der Waals surface area contributed by atoms with Gasteiger partial charge < -0.3 is 5.32 Å². The number of hydrogen-bond acceptors (Lipinski definition) is 4. The van der Waals surface area contributed by atoms with Crippen molar-refractivity contribution in [1.29, 1.82) is 0 Å². The van der Waals surface area contributed by atoms with Gasteiger partial charge in [0.1, 0.15) is 11.5 Å². The van der Waals surface area contributed by atoms with Gasteiger partial charge in [-0.2, -0.15) is 5.10 Å². The molecule has 0 aliphatic heterocycles. The van der Waals surface area contributed by atoms with Gasteiger partial charge in [0.25, 0.3) is 6.43 Å². The number of nitrogens with one attached hydrogen (secondary N) is 2. The van der Waals surface area contributed by atoms with Crippen LogP contribution >= 0.6 is 0 Å². The minimum absolute atomic E-state index is 0.345. The number of nitrogens with zero attached hydrogens (tertiary/aromatic N) is 3. The summed E-state index contributed by atoms with van der Waals surface area (Å²) in [6, 6.07) is 1.68. The summed E-state index contributed by atoms with van der Waals surface area (Å²) in [5, 5.41) is 9.21. The largest absolute Gasteiger partial charge is 0.322 e. The van der Waals surface area contributed by atoms with Crippen molar-refractivity contribution in [2.24, 2.45) is 0 Å². The lowest BCUT2D eigenvalue weighted by molar-refractivity contribution is 0.145. The van der Waals surface area contributed by atoms with Crippen LogP contribution in [0.4, 0.5) is 20.4 Å². The van der Waals surface area contributed by atoms with E-state index < -0.39 is 6.43 Å². The zero-order valence-electron chi connectivity index (χ0n) is 7.48. The van der Waals surface area contributed by atoms with Gasteiger partial charge in [0, 0.05) is 12.3 Å². The lowest BCUT2D eigenvalue weighted by Crippen LogP contribution is -1.97. The molecule has 2 rings (SSSR count). The van der Waals surface area contributed by atoms with Crippen molar-refractivity contribution in [1.82, 2.24) is 20.2 Å². The molecule has 78 valence electrons. The van der Waals surface area contributed by atoms with Crippen LogP contribution in [0, 0.1) is 0 Å².